The van der Waals surface area contributed by atoms with Gasteiger partial charge in [0.2, 0.25) is 0 Å². The van der Waals surface area contributed by atoms with Crippen molar-refractivity contribution < 1.29 is 19.1 Å². The Morgan fingerprint density at radius 1 is 0.917 bits per heavy atom. The highest BCUT2D eigenvalue weighted by molar-refractivity contribution is 5.80. The minimum absolute atomic E-state index is 0.226. The first-order chi connectivity index (χ1) is 11.6. The van der Waals surface area contributed by atoms with E-state index in [1.165, 1.54) is 0 Å². The number of ether oxygens (including phenoxy) is 2. The number of amides is 1. The van der Waals surface area contributed by atoms with E-state index in [4.69, 9.17) is 9.47 Å². The maximum Gasteiger partial charge on any atom is 0.344 e. The molecule has 0 fully saturated rings. The zero-order valence-corrected chi connectivity index (χ0v) is 13.9. The van der Waals surface area contributed by atoms with Gasteiger partial charge in [-0.25, -0.2) is 4.79 Å². The molecule has 0 aliphatic heterocycles. The Balaban J connectivity index is 1.69. The van der Waals surface area contributed by atoms with E-state index in [0.29, 0.717) is 12.3 Å². The summed E-state index contributed by atoms with van der Waals surface area (Å²) >= 11 is 0. The molecule has 2 aromatic rings. The summed E-state index contributed by atoms with van der Waals surface area (Å²) in [7, 11) is 0. The van der Waals surface area contributed by atoms with Crippen molar-refractivity contribution in [3.63, 3.8) is 0 Å². The molecule has 0 aromatic heterocycles. The predicted octanol–water partition coefficient (Wildman–Crippen LogP) is 2.54. The molecular weight excluding hydrogens is 306 g/mol. The second-order valence-electron chi connectivity index (χ2n) is 5.42. The van der Waals surface area contributed by atoms with E-state index in [1.807, 2.05) is 56.3 Å². The van der Waals surface area contributed by atoms with Crippen LogP contribution in [-0.4, -0.2) is 25.1 Å². The summed E-state index contributed by atoms with van der Waals surface area (Å²) in [4.78, 5) is 23.4. The number of rotatable bonds is 7. The minimum atomic E-state index is -0.579. The molecule has 2 aromatic carbocycles. The fraction of sp³-hybridized carbons (Fsp3) is 0.263. The van der Waals surface area contributed by atoms with Crippen LogP contribution in [-0.2, 0) is 20.9 Å². The van der Waals surface area contributed by atoms with Gasteiger partial charge < -0.3 is 14.8 Å². The molecule has 0 unspecified atom stereocenters. The average Bonchev–Trinajstić information content (AvgIpc) is 2.58. The lowest BCUT2D eigenvalue weighted by atomic mass is 10.1. The summed E-state index contributed by atoms with van der Waals surface area (Å²) in [6.45, 7) is 3.73. The lowest BCUT2D eigenvalue weighted by molar-refractivity contribution is -0.150. The van der Waals surface area contributed by atoms with Crippen molar-refractivity contribution in [1.82, 2.24) is 5.32 Å². The van der Waals surface area contributed by atoms with Crippen molar-refractivity contribution in [3.05, 3.63) is 65.2 Å². The fourth-order valence-corrected chi connectivity index (χ4v) is 2.10. The molecule has 5 nitrogen and oxygen atoms in total. The first-order valence-corrected chi connectivity index (χ1v) is 7.71. The third-order valence-electron chi connectivity index (χ3n) is 3.54. The Morgan fingerprint density at radius 3 is 2.29 bits per heavy atom. The summed E-state index contributed by atoms with van der Waals surface area (Å²) in [5.41, 5.74) is 3.06. The van der Waals surface area contributed by atoms with Crippen molar-refractivity contribution in [1.29, 1.82) is 0 Å². The van der Waals surface area contributed by atoms with Crippen molar-refractivity contribution in [3.8, 4) is 5.75 Å². The van der Waals surface area contributed by atoms with Crippen molar-refractivity contribution >= 4 is 11.9 Å². The molecule has 2 rings (SSSR count). The van der Waals surface area contributed by atoms with Crippen LogP contribution < -0.4 is 10.1 Å². The zero-order chi connectivity index (χ0) is 17.4. The maximum atomic E-state index is 11.7. The van der Waals surface area contributed by atoms with Crippen molar-refractivity contribution in [2.45, 2.75) is 20.4 Å². The monoisotopic (exact) mass is 327 g/mol. The van der Waals surface area contributed by atoms with E-state index < -0.39 is 5.97 Å². The standard InChI is InChI=1S/C19H21NO4/c1-14-7-3-5-9-16(14)11-20-18(21)12-24-19(22)13-23-17-10-6-4-8-15(17)2/h3-10H,11-13H2,1-2H3,(H,20,21). The highest BCUT2D eigenvalue weighted by atomic mass is 16.6. The quantitative estimate of drug-likeness (QED) is 0.794. The molecule has 0 aliphatic rings. The molecule has 126 valence electrons. The van der Waals surface area contributed by atoms with E-state index in [1.54, 1.807) is 6.07 Å². The number of nitrogens with one attached hydrogen (secondary N) is 1. The Hall–Kier alpha value is -2.82. The third kappa shape index (κ3) is 5.43. The average molecular weight is 327 g/mol. The number of carbonyl (C=O) groups is 2. The van der Waals surface area contributed by atoms with E-state index in [0.717, 1.165) is 16.7 Å². The van der Waals surface area contributed by atoms with Gasteiger partial charge in [-0.1, -0.05) is 42.5 Å². The zero-order valence-electron chi connectivity index (χ0n) is 13.9. The second kappa shape index (κ2) is 8.72. The molecule has 1 amide bonds. The summed E-state index contributed by atoms with van der Waals surface area (Å²) in [5.74, 6) is -0.301. The fourth-order valence-electron chi connectivity index (χ4n) is 2.10. The number of carbonyl (C=O) groups excluding carboxylic acids is 2. The summed E-state index contributed by atoms with van der Waals surface area (Å²) in [6.07, 6.45) is 0. The number of esters is 1. The van der Waals surface area contributed by atoms with Crippen LogP contribution in [0.15, 0.2) is 48.5 Å². The minimum Gasteiger partial charge on any atom is -0.482 e. The van der Waals surface area contributed by atoms with Crippen LogP contribution in [0.1, 0.15) is 16.7 Å². The smallest absolute Gasteiger partial charge is 0.344 e. The molecule has 24 heavy (non-hydrogen) atoms. The van der Waals surface area contributed by atoms with Gasteiger partial charge in [0.15, 0.2) is 13.2 Å². The van der Waals surface area contributed by atoms with Gasteiger partial charge in [0.1, 0.15) is 5.75 Å². The van der Waals surface area contributed by atoms with E-state index in [-0.39, 0.29) is 19.1 Å². The van der Waals surface area contributed by atoms with Gasteiger partial charge in [-0.15, -0.1) is 0 Å². The molecule has 0 saturated carbocycles. The molecule has 5 heteroatoms. The predicted molar refractivity (Wildman–Crippen MR) is 90.7 cm³/mol. The van der Waals surface area contributed by atoms with Gasteiger partial charge in [0, 0.05) is 6.54 Å². The Labute approximate surface area is 141 Å². The Morgan fingerprint density at radius 2 is 1.58 bits per heavy atom. The number of para-hydroxylation sites is 1. The van der Waals surface area contributed by atoms with Gasteiger partial charge >= 0.3 is 5.97 Å². The van der Waals surface area contributed by atoms with Crippen LogP contribution in [0, 0.1) is 13.8 Å². The highest BCUT2D eigenvalue weighted by Gasteiger charge is 2.09. The molecule has 0 heterocycles. The molecule has 0 aliphatic carbocycles. The summed E-state index contributed by atoms with van der Waals surface area (Å²) in [6, 6.07) is 15.2. The summed E-state index contributed by atoms with van der Waals surface area (Å²) in [5, 5.41) is 2.72. The Kier molecular flexibility index (Phi) is 6.37. The topological polar surface area (TPSA) is 64.6 Å². The van der Waals surface area contributed by atoms with Gasteiger partial charge in [-0.05, 0) is 36.6 Å². The van der Waals surface area contributed by atoms with E-state index in [2.05, 4.69) is 5.32 Å². The Bertz CT molecular complexity index is 651. The molecule has 0 spiro atoms. The van der Waals surface area contributed by atoms with Gasteiger partial charge in [-0.2, -0.15) is 0 Å². The van der Waals surface area contributed by atoms with Crippen LogP contribution in [0.3, 0.4) is 0 Å². The van der Waals surface area contributed by atoms with Crippen LogP contribution in [0.4, 0.5) is 0 Å². The number of hydrogen-bond donors (Lipinski definition) is 1. The van der Waals surface area contributed by atoms with E-state index in [9.17, 15) is 9.59 Å². The molecular formula is C19H21NO4. The molecule has 1 N–H and O–H groups in total. The van der Waals surface area contributed by atoms with Crippen LogP contribution >= 0.6 is 0 Å². The third-order valence-corrected chi connectivity index (χ3v) is 3.54. The van der Waals surface area contributed by atoms with Crippen LogP contribution in [0.25, 0.3) is 0 Å². The highest BCUT2D eigenvalue weighted by Crippen LogP contribution is 2.15. The lowest BCUT2D eigenvalue weighted by Crippen LogP contribution is -2.29. The van der Waals surface area contributed by atoms with Crippen LogP contribution in [0.5, 0.6) is 5.75 Å². The largest absolute Gasteiger partial charge is 0.482 e. The lowest BCUT2D eigenvalue weighted by Gasteiger charge is -2.10. The van der Waals surface area contributed by atoms with E-state index >= 15 is 0 Å². The first-order valence-electron chi connectivity index (χ1n) is 7.71. The van der Waals surface area contributed by atoms with Gasteiger partial charge in [-0.3, -0.25) is 4.79 Å². The maximum absolute atomic E-state index is 11.7. The molecule has 0 radical (unpaired) electrons. The van der Waals surface area contributed by atoms with Gasteiger partial charge in [0.05, 0.1) is 0 Å². The molecule has 0 atom stereocenters. The number of aryl methyl sites for hydroxylation is 2. The van der Waals surface area contributed by atoms with Gasteiger partial charge in [0.25, 0.3) is 5.91 Å². The number of benzene rings is 2. The molecule has 0 bridgehead atoms. The van der Waals surface area contributed by atoms with Crippen molar-refractivity contribution in [2.24, 2.45) is 0 Å². The van der Waals surface area contributed by atoms with Crippen molar-refractivity contribution in [2.75, 3.05) is 13.2 Å². The number of hydrogen-bond acceptors (Lipinski definition) is 4. The first kappa shape index (κ1) is 17.5. The SMILES string of the molecule is Cc1ccccc1CNC(=O)COC(=O)COc1ccccc1C. The van der Waals surface area contributed by atoms with Crippen LogP contribution in [0.2, 0.25) is 0 Å². The normalized spacial score (nSPS) is 10.1. The second-order valence-corrected chi connectivity index (χ2v) is 5.42. The molecule has 0 saturated heterocycles. The summed E-state index contributed by atoms with van der Waals surface area (Å²) < 4.78 is 10.3.